The molecule has 0 aliphatic carbocycles. The summed E-state index contributed by atoms with van der Waals surface area (Å²) in [6.07, 6.45) is 3.02. The molecule has 0 fully saturated rings. The summed E-state index contributed by atoms with van der Waals surface area (Å²) >= 11 is 0. The minimum atomic E-state index is -0.895. The van der Waals surface area contributed by atoms with Crippen LogP contribution >= 0.6 is 0 Å². The Morgan fingerprint density at radius 2 is 1.89 bits per heavy atom. The van der Waals surface area contributed by atoms with E-state index in [-0.39, 0.29) is 0 Å². The molecule has 0 saturated heterocycles. The molecular formula is C12H9BF2N2O. The zero-order valence-corrected chi connectivity index (χ0v) is 9.58. The molecule has 0 radical (unpaired) electrons. The van der Waals surface area contributed by atoms with E-state index < -0.39 is 23.1 Å². The topological polar surface area (TPSA) is 42.0 Å². The first-order valence-corrected chi connectivity index (χ1v) is 5.25. The first-order chi connectivity index (χ1) is 8.58. The number of hydrogen-bond donors (Lipinski definition) is 1. The van der Waals surface area contributed by atoms with Crippen LogP contribution in [0.25, 0.3) is 0 Å². The number of nitrogens with one attached hydrogen (secondary N) is 1. The van der Waals surface area contributed by atoms with Gasteiger partial charge in [-0.3, -0.25) is 9.78 Å². The number of carbonyl (C=O) groups excluding carboxylic acids is 1. The second kappa shape index (κ2) is 4.95. The fraction of sp³-hybridized carbons (Fsp3) is 0. The van der Waals surface area contributed by atoms with Crippen molar-refractivity contribution >= 4 is 24.9 Å². The van der Waals surface area contributed by atoms with Crippen LogP contribution in [0.5, 0.6) is 0 Å². The monoisotopic (exact) mass is 246 g/mol. The van der Waals surface area contributed by atoms with Crippen LogP contribution < -0.4 is 10.8 Å². The largest absolute Gasteiger partial charge is 0.320 e. The number of anilines is 1. The zero-order valence-electron chi connectivity index (χ0n) is 9.58. The van der Waals surface area contributed by atoms with E-state index in [1.807, 2.05) is 0 Å². The molecule has 1 N–H and O–H groups in total. The van der Waals surface area contributed by atoms with Gasteiger partial charge in [0.25, 0.3) is 5.91 Å². The average Bonchev–Trinajstić information content (AvgIpc) is 2.28. The number of benzene rings is 1. The predicted molar refractivity (Wildman–Crippen MR) is 66.7 cm³/mol. The summed E-state index contributed by atoms with van der Waals surface area (Å²) < 4.78 is 26.7. The van der Waals surface area contributed by atoms with Gasteiger partial charge in [0.1, 0.15) is 25.0 Å². The van der Waals surface area contributed by atoms with Gasteiger partial charge in [-0.1, -0.05) is 11.5 Å². The second-order valence-corrected chi connectivity index (χ2v) is 3.80. The van der Waals surface area contributed by atoms with Gasteiger partial charge in [-0.25, -0.2) is 8.78 Å². The Balaban J connectivity index is 2.28. The summed E-state index contributed by atoms with van der Waals surface area (Å²) in [7, 11) is 1.80. The normalized spacial score (nSPS) is 10.1. The highest BCUT2D eigenvalue weighted by molar-refractivity contribution is 6.32. The van der Waals surface area contributed by atoms with Crippen LogP contribution in [0.3, 0.4) is 0 Å². The first-order valence-electron chi connectivity index (χ1n) is 5.25. The number of nitrogens with zero attached hydrogens (tertiary/aromatic N) is 1. The van der Waals surface area contributed by atoms with Crippen LogP contribution in [0.15, 0.2) is 36.7 Å². The Hall–Kier alpha value is -2.24. The lowest BCUT2D eigenvalue weighted by Crippen LogP contribution is -2.17. The number of aromatic nitrogens is 1. The molecule has 1 amide bonds. The van der Waals surface area contributed by atoms with Crippen LogP contribution in [0.1, 0.15) is 10.4 Å². The van der Waals surface area contributed by atoms with Gasteiger partial charge in [-0.05, 0) is 18.2 Å². The molecule has 18 heavy (non-hydrogen) atoms. The highest BCUT2D eigenvalue weighted by Gasteiger charge is 2.16. The third-order valence-corrected chi connectivity index (χ3v) is 2.32. The molecule has 1 heterocycles. The van der Waals surface area contributed by atoms with Crippen molar-refractivity contribution in [2.45, 2.75) is 0 Å². The van der Waals surface area contributed by atoms with Crippen molar-refractivity contribution in [3.05, 3.63) is 53.9 Å². The van der Waals surface area contributed by atoms with Gasteiger partial charge >= 0.3 is 0 Å². The molecule has 2 aromatic rings. The van der Waals surface area contributed by atoms with Gasteiger partial charge in [-0.15, -0.1) is 0 Å². The molecule has 0 aliphatic rings. The Labute approximate surface area is 103 Å². The van der Waals surface area contributed by atoms with Crippen molar-refractivity contribution in [2.24, 2.45) is 0 Å². The maximum Gasteiger partial charge on any atom is 0.261 e. The highest BCUT2D eigenvalue weighted by Crippen LogP contribution is 2.14. The molecule has 2 rings (SSSR count). The van der Waals surface area contributed by atoms with Gasteiger partial charge in [0.05, 0.1) is 11.9 Å². The van der Waals surface area contributed by atoms with Crippen molar-refractivity contribution < 1.29 is 13.6 Å². The van der Waals surface area contributed by atoms with E-state index in [1.54, 1.807) is 20.1 Å². The number of pyridine rings is 1. The number of amides is 1. The van der Waals surface area contributed by atoms with Crippen LogP contribution in [-0.4, -0.2) is 18.7 Å². The summed E-state index contributed by atoms with van der Waals surface area (Å²) in [6.45, 7) is 0. The summed E-state index contributed by atoms with van der Waals surface area (Å²) in [5, 5.41) is 2.40. The Morgan fingerprint density at radius 3 is 2.50 bits per heavy atom. The van der Waals surface area contributed by atoms with Crippen molar-refractivity contribution in [3.8, 4) is 0 Å². The van der Waals surface area contributed by atoms with Gasteiger partial charge in [0.2, 0.25) is 0 Å². The van der Waals surface area contributed by atoms with Crippen LogP contribution in [-0.2, 0) is 0 Å². The molecule has 1 aromatic carbocycles. The molecular weight excluding hydrogens is 237 g/mol. The fourth-order valence-electron chi connectivity index (χ4n) is 1.53. The SMILES string of the molecule is Bc1cncc(NC(=O)c2c(F)cccc2F)c1. The van der Waals surface area contributed by atoms with Crippen molar-refractivity contribution in [1.29, 1.82) is 0 Å². The van der Waals surface area contributed by atoms with Crippen molar-refractivity contribution in [2.75, 3.05) is 5.32 Å². The smallest absolute Gasteiger partial charge is 0.261 e. The third-order valence-electron chi connectivity index (χ3n) is 2.32. The lowest BCUT2D eigenvalue weighted by Gasteiger charge is -2.07. The van der Waals surface area contributed by atoms with E-state index >= 15 is 0 Å². The molecule has 0 spiro atoms. The summed E-state index contributed by atoms with van der Waals surface area (Å²) in [5.74, 6) is -2.63. The van der Waals surface area contributed by atoms with E-state index in [9.17, 15) is 13.6 Å². The number of rotatable bonds is 2. The Kier molecular flexibility index (Phi) is 3.37. The van der Waals surface area contributed by atoms with E-state index in [0.717, 1.165) is 17.6 Å². The summed E-state index contributed by atoms with van der Waals surface area (Å²) in [6, 6.07) is 4.93. The van der Waals surface area contributed by atoms with E-state index in [1.165, 1.54) is 12.3 Å². The number of halogens is 2. The predicted octanol–water partition coefficient (Wildman–Crippen LogP) is 0.871. The number of carbonyl (C=O) groups is 1. The standard InChI is InChI=1S/C12H9BF2N2O/c13-7-4-8(6-16-5-7)17-12(18)11-9(14)2-1-3-10(11)15/h1-6H,13H2,(H,17,18). The lowest BCUT2D eigenvalue weighted by atomic mass is 9.99. The second-order valence-electron chi connectivity index (χ2n) is 3.80. The van der Waals surface area contributed by atoms with Crippen LogP contribution in [0.4, 0.5) is 14.5 Å². The Bertz CT molecular complexity index is 584. The van der Waals surface area contributed by atoms with Gasteiger partial charge < -0.3 is 5.32 Å². The minimum Gasteiger partial charge on any atom is -0.320 e. The van der Waals surface area contributed by atoms with Crippen molar-refractivity contribution in [3.63, 3.8) is 0 Å². The molecule has 6 heteroatoms. The molecule has 0 saturated carbocycles. The molecule has 0 atom stereocenters. The van der Waals surface area contributed by atoms with Crippen LogP contribution in [0, 0.1) is 11.6 Å². The van der Waals surface area contributed by atoms with Gasteiger partial charge in [-0.2, -0.15) is 0 Å². The quantitative estimate of drug-likeness (QED) is 0.799. The van der Waals surface area contributed by atoms with Gasteiger partial charge in [0, 0.05) is 6.20 Å². The molecule has 0 bridgehead atoms. The van der Waals surface area contributed by atoms with Crippen molar-refractivity contribution in [1.82, 2.24) is 4.98 Å². The minimum absolute atomic E-state index is 0.391. The third kappa shape index (κ3) is 2.53. The fourth-order valence-corrected chi connectivity index (χ4v) is 1.53. The van der Waals surface area contributed by atoms with Gasteiger partial charge in [0.15, 0.2) is 0 Å². The molecule has 0 unspecified atom stereocenters. The zero-order chi connectivity index (χ0) is 13.1. The molecule has 3 nitrogen and oxygen atoms in total. The highest BCUT2D eigenvalue weighted by atomic mass is 19.1. The maximum atomic E-state index is 13.4. The van der Waals surface area contributed by atoms with E-state index in [2.05, 4.69) is 10.3 Å². The average molecular weight is 246 g/mol. The van der Waals surface area contributed by atoms with E-state index in [0.29, 0.717) is 5.69 Å². The molecule has 1 aromatic heterocycles. The van der Waals surface area contributed by atoms with Crippen LogP contribution in [0.2, 0.25) is 0 Å². The lowest BCUT2D eigenvalue weighted by molar-refractivity contribution is 0.101. The molecule has 0 aliphatic heterocycles. The summed E-state index contributed by atoms with van der Waals surface area (Å²) in [4.78, 5) is 15.6. The van der Waals surface area contributed by atoms with E-state index in [4.69, 9.17) is 0 Å². The maximum absolute atomic E-state index is 13.4. The Morgan fingerprint density at radius 1 is 1.22 bits per heavy atom. The number of hydrogen-bond acceptors (Lipinski definition) is 2. The first kappa shape index (κ1) is 12.2. The summed E-state index contributed by atoms with van der Waals surface area (Å²) in [5.41, 5.74) is 0.628. The molecule has 90 valence electrons.